The Bertz CT molecular complexity index is 417. The average molecular weight is 270 g/mol. The summed E-state index contributed by atoms with van der Waals surface area (Å²) in [6.45, 7) is 0.602. The van der Waals surface area contributed by atoms with Crippen LogP contribution in [0.2, 0.25) is 0 Å². The Kier molecular flexibility index (Phi) is 6.60. The predicted octanol–water partition coefficient (Wildman–Crippen LogP) is 1.76. The lowest BCUT2D eigenvalue weighted by atomic mass is 10.1. The van der Waals surface area contributed by atoms with E-state index in [0.29, 0.717) is 23.7 Å². The van der Waals surface area contributed by atoms with E-state index in [4.69, 9.17) is 9.47 Å². The molecule has 0 saturated heterocycles. The van der Waals surface area contributed by atoms with Crippen LogP contribution in [0.1, 0.15) is 22.3 Å². The van der Waals surface area contributed by atoms with E-state index in [-0.39, 0.29) is 5.97 Å². The molecule has 1 atom stereocenters. The fourth-order valence-electron chi connectivity index (χ4n) is 1.57. The van der Waals surface area contributed by atoms with Crippen molar-refractivity contribution in [3.63, 3.8) is 0 Å². The number of rotatable bonds is 7. The molecular formula is C13H18O4S. The van der Waals surface area contributed by atoms with E-state index in [2.05, 4.69) is 0 Å². The lowest BCUT2D eigenvalue weighted by Gasteiger charge is -2.07. The maximum atomic E-state index is 11.9. The minimum absolute atomic E-state index is 0.370. The van der Waals surface area contributed by atoms with Gasteiger partial charge in [0.2, 0.25) is 0 Å². The third-order valence-corrected chi connectivity index (χ3v) is 3.84. The van der Waals surface area contributed by atoms with Gasteiger partial charge in [0, 0.05) is 36.0 Å². The topological polar surface area (TPSA) is 52.6 Å². The summed E-state index contributed by atoms with van der Waals surface area (Å²) in [4.78, 5) is 11.5. The standard InChI is InChI=1S/C13H18O4S/c1-16-8-5-9-18(15)10-11-6-3-4-7-12(11)13(14)17-2/h3-4,6-7H,5,8-10H2,1-2H3. The summed E-state index contributed by atoms with van der Waals surface area (Å²) < 4.78 is 21.5. The molecule has 0 heterocycles. The summed E-state index contributed by atoms with van der Waals surface area (Å²) in [7, 11) is 1.97. The highest BCUT2D eigenvalue weighted by molar-refractivity contribution is 7.84. The fourth-order valence-corrected chi connectivity index (χ4v) is 2.75. The largest absolute Gasteiger partial charge is 0.465 e. The van der Waals surface area contributed by atoms with E-state index in [1.54, 1.807) is 25.3 Å². The molecule has 5 heteroatoms. The molecule has 1 rings (SSSR count). The van der Waals surface area contributed by atoms with Gasteiger partial charge in [-0.2, -0.15) is 0 Å². The quantitative estimate of drug-likeness (QED) is 0.559. The Morgan fingerprint density at radius 3 is 2.67 bits per heavy atom. The first kappa shape index (κ1) is 14.9. The molecule has 0 aliphatic heterocycles. The van der Waals surface area contributed by atoms with E-state index >= 15 is 0 Å². The number of hydrogen-bond acceptors (Lipinski definition) is 4. The second-order valence-electron chi connectivity index (χ2n) is 3.78. The highest BCUT2D eigenvalue weighted by Gasteiger charge is 2.12. The number of ether oxygens (including phenoxy) is 2. The van der Waals surface area contributed by atoms with E-state index in [1.807, 2.05) is 6.07 Å². The van der Waals surface area contributed by atoms with Gasteiger partial charge in [-0.1, -0.05) is 18.2 Å². The van der Waals surface area contributed by atoms with E-state index in [0.717, 1.165) is 12.0 Å². The molecule has 0 aliphatic rings. The molecule has 100 valence electrons. The third-order valence-electron chi connectivity index (χ3n) is 2.46. The van der Waals surface area contributed by atoms with Crippen LogP contribution in [-0.4, -0.2) is 36.8 Å². The highest BCUT2D eigenvalue weighted by atomic mass is 32.2. The second kappa shape index (κ2) is 8.00. The van der Waals surface area contributed by atoms with Crippen LogP contribution in [0.3, 0.4) is 0 Å². The van der Waals surface area contributed by atoms with Crippen LogP contribution in [0.25, 0.3) is 0 Å². The lowest BCUT2D eigenvalue weighted by Crippen LogP contribution is -2.09. The zero-order valence-electron chi connectivity index (χ0n) is 10.7. The van der Waals surface area contributed by atoms with Crippen LogP contribution in [0.5, 0.6) is 0 Å². The van der Waals surface area contributed by atoms with Crippen LogP contribution in [0, 0.1) is 0 Å². The van der Waals surface area contributed by atoms with Gasteiger partial charge in [-0.3, -0.25) is 4.21 Å². The van der Waals surface area contributed by atoms with Crippen molar-refractivity contribution in [2.24, 2.45) is 0 Å². The Balaban J connectivity index is 2.66. The Morgan fingerprint density at radius 2 is 2.00 bits per heavy atom. The Hall–Kier alpha value is -1.20. The van der Waals surface area contributed by atoms with Crippen molar-refractivity contribution >= 4 is 16.8 Å². The number of methoxy groups -OCH3 is 2. The van der Waals surface area contributed by atoms with Gasteiger partial charge in [-0.25, -0.2) is 4.79 Å². The van der Waals surface area contributed by atoms with Crippen molar-refractivity contribution in [2.75, 3.05) is 26.6 Å². The molecule has 0 saturated carbocycles. The van der Waals surface area contributed by atoms with Crippen molar-refractivity contribution in [2.45, 2.75) is 12.2 Å². The number of carbonyl (C=O) groups is 1. The van der Waals surface area contributed by atoms with Crippen LogP contribution in [0.15, 0.2) is 24.3 Å². The van der Waals surface area contributed by atoms with Gasteiger partial charge in [-0.15, -0.1) is 0 Å². The van der Waals surface area contributed by atoms with Crippen LogP contribution < -0.4 is 0 Å². The van der Waals surface area contributed by atoms with E-state index in [9.17, 15) is 9.00 Å². The van der Waals surface area contributed by atoms with Gasteiger partial charge >= 0.3 is 5.97 Å². The summed E-state index contributed by atoms with van der Waals surface area (Å²) in [6, 6.07) is 7.09. The second-order valence-corrected chi connectivity index (χ2v) is 5.36. The van der Waals surface area contributed by atoms with Gasteiger partial charge in [0.15, 0.2) is 0 Å². The molecule has 0 aromatic heterocycles. The fraction of sp³-hybridized carbons (Fsp3) is 0.462. The SMILES string of the molecule is COCCCS(=O)Cc1ccccc1C(=O)OC. The molecule has 0 aliphatic carbocycles. The monoisotopic (exact) mass is 270 g/mol. The minimum Gasteiger partial charge on any atom is -0.465 e. The van der Waals surface area contributed by atoms with E-state index in [1.165, 1.54) is 7.11 Å². The molecule has 18 heavy (non-hydrogen) atoms. The molecule has 0 amide bonds. The van der Waals surface area contributed by atoms with Crippen molar-refractivity contribution in [3.05, 3.63) is 35.4 Å². The first-order chi connectivity index (χ1) is 8.69. The molecule has 0 fully saturated rings. The molecule has 1 aromatic rings. The molecule has 0 spiro atoms. The first-order valence-corrected chi connectivity index (χ1v) is 7.18. The summed E-state index contributed by atoms with van der Waals surface area (Å²) >= 11 is 0. The molecular weight excluding hydrogens is 252 g/mol. The van der Waals surface area contributed by atoms with Crippen molar-refractivity contribution in [1.82, 2.24) is 0 Å². The predicted molar refractivity (Wildman–Crippen MR) is 71.0 cm³/mol. The minimum atomic E-state index is -0.989. The lowest BCUT2D eigenvalue weighted by molar-refractivity contribution is 0.0600. The smallest absolute Gasteiger partial charge is 0.338 e. The highest BCUT2D eigenvalue weighted by Crippen LogP contribution is 2.13. The molecule has 0 bridgehead atoms. The zero-order chi connectivity index (χ0) is 13.4. The van der Waals surface area contributed by atoms with Crippen LogP contribution in [-0.2, 0) is 26.0 Å². The Labute approximate surface area is 110 Å². The maximum absolute atomic E-state index is 11.9. The summed E-state index contributed by atoms with van der Waals surface area (Å²) in [6.07, 6.45) is 0.753. The molecule has 1 unspecified atom stereocenters. The van der Waals surface area contributed by atoms with Gasteiger partial charge in [0.05, 0.1) is 12.7 Å². The van der Waals surface area contributed by atoms with Crippen molar-refractivity contribution in [1.29, 1.82) is 0 Å². The molecule has 0 N–H and O–H groups in total. The summed E-state index contributed by atoms with van der Waals surface area (Å²) in [5, 5.41) is 0. The summed E-state index contributed by atoms with van der Waals surface area (Å²) in [5.74, 6) is 0.553. The first-order valence-electron chi connectivity index (χ1n) is 5.69. The third kappa shape index (κ3) is 4.58. The number of carbonyl (C=O) groups excluding carboxylic acids is 1. The average Bonchev–Trinajstić information content (AvgIpc) is 2.39. The van der Waals surface area contributed by atoms with E-state index < -0.39 is 10.8 Å². The maximum Gasteiger partial charge on any atom is 0.338 e. The number of hydrogen-bond donors (Lipinski definition) is 0. The molecule has 4 nitrogen and oxygen atoms in total. The summed E-state index contributed by atoms with van der Waals surface area (Å²) in [5.41, 5.74) is 1.25. The van der Waals surface area contributed by atoms with Crippen LogP contribution >= 0.6 is 0 Å². The van der Waals surface area contributed by atoms with Gasteiger partial charge in [0.1, 0.15) is 0 Å². The van der Waals surface area contributed by atoms with Crippen molar-refractivity contribution in [3.8, 4) is 0 Å². The van der Waals surface area contributed by atoms with Gasteiger partial charge in [-0.05, 0) is 18.1 Å². The number of benzene rings is 1. The molecule has 1 aromatic carbocycles. The van der Waals surface area contributed by atoms with Gasteiger partial charge < -0.3 is 9.47 Å². The molecule has 0 radical (unpaired) electrons. The van der Waals surface area contributed by atoms with Crippen LogP contribution in [0.4, 0.5) is 0 Å². The van der Waals surface area contributed by atoms with Gasteiger partial charge in [0.25, 0.3) is 0 Å². The number of esters is 1. The normalized spacial score (nSPS) is 12.1. The Morgan fingerprint density at radius 1 is 1.28 bits per heavy atom. The zero-order valence-corrected chi connectivity index (χ0v) is 11.5. The van der Waals surface area contributed by atoms with Crippen molar-refractivity contribution < 1.29 is 18.5 Å².